The third-order valence-corrected chi connectivity index (χ3v) is 12.8. The Kier molecular flexibility index (Phi) is 18.4. The minimum atomic E-state index is -4.02. The quantitative estimate of drug-likeness (QED) is 0.0618. The number of carbonyl (C=O) groups is 4. The Labute approximate surface area is 443 Å². The Morgan fingerprint density at radius 1 is 0.534 bits per heavy atom. The zero-order valence-electron chi connectivity index (χ0n) is 38.7. The molecule has 0 saturated heterocycles. The van der Waals surface area contributed by atoms with Gasteiger partial charge in [0, 0.05) is 56.9 Å². The smallest absolute Gasteiger partial charge is 0.264 e. The molecule has 0 radical (unpaired) electrons. The van der Waals surface area contributed by atoms with E-state index in [0.717, 1.165) is 28.4 Å². The first kappa shape index (κ1) is 56.6. The normalized spacial score (nSPS) is 13.9. The molecule has 6 aromatic rings. The first-order valence-electron chi connectivity index (χ1n) is 21.3. The SMILES string of the molecule is COc1c(C[C@@H](CN2C(=O)c3ccccc3C2=O)OS(C)(=O)=O)cc(F)cc1-c1c(Cl)cccc1Cl.COc1c(C[C@H](O)CN2C(=O)c3ccccc3C2=O)cc(F)cc1-c1c(Cl)cccc1Cl.CS(=O)(=O)Cl. The summed E-state index contributed by atoms with van der Waals surface area (Å²) in [6.07, 6.45) is -0.885. The first-order chi connectivity index (χ1) is 34.3. The van der Waals surface area contributed by atoms with Crippen LogP contribution in [0.4, 0.5) is 8.78 Å². The van der Waals surface area contributed by atoms with Crippen molar-refractivity contribution in [3.05, 3.63) is 174 Å². The molecule has 0 fully saturated rings. The van der Waals surface area contributed by atoms with E-state index in [1.54, 1.807) is 72.8 Å². The number of fused-ring (bicyclic) bond motifs is 2. The van der Waals surface area contributed by atoms with Crippen LogP contribution < -0.4 is 9.47 Å². The van der Waals surface area contributed by atoms with E-state index in [-0.39, 0.29) is 64.0 Å². The topological polar surface area (TPSA) is 191 Å². The number of rotatable bonds is 14. The molecule has 0 spiro atoms. The number of methoxy groups -OCH3 is 2. The van der Waals surface area contributed by atoms with E-state index < -0.39 is 66.6 Å². The number of imide groups is 2. The van der Waals surface area contributed by atoms with Crippen LogP contribution in [-0.4, -0.2) is 107 Å². The number of aliphatic hydroxyl groups is 1. The number of carbonyl (C=O) groups excluding carboxylic acids is 4. The van der Waals surface area contributed by atoms with Crippen LogP contribution in [0.25, 0.3) is 22.3 Å². The highest BCUT2D eigenvalue weighted by atomic mass is 35.7. The molecule has 4 amide bonds. The summed E-state index contributed by atoms with van der Waals surface area (Å²) in [7, 11) is 0.0698. The molecule has 73 heavy (non-hydrogen) atoms. The molecule has 1 N–H and O–H groups in total. The predicted octanol–water partition coefficient (Wildman–Crippen LogP) is 10.2. The fourth-order valence-electron chi connectivity index (χ4n) is 8.13. The van der Waals surface area contributed by atoms with Gasteiger partial charge in [-0.2, -0.15) is 8.42 Å². The maximum atomic E-state index is 14.8. The van der Waals surface area contributed by atoms with Gasteiger partial charge in [0.2, 0.25) is 9.05 Å². The van der Waals surface area contributed by atoms with Gasteiger partial charge in [-0.15, -0.1) is 0 Å². The molecule has 0 saturated carbocycles. The monoisotopic (exact) mass is 1140 g/mol. The van der Waals surface area contributed by atoms with Crippen molar-refractivity contribution < 1.29 is 63.6 Å². The molecular weight excluding hydrogens is 1100 g/mol. The summed E-state index contributed by atoms with van der Waals surface area (Å²) < 4.78 is 88.4. The van der Waals surface area contributed by atoms with Crippen molar-refractivity contribution in [2.45, 2.75) is 25.0 Å². The third kappa shape index (κ3) is 13.7. The zero-order valence-corrected chi connectivity index (χ0v) is 44.1. The molecule has 0 bridgehead atoms. The number of ether oxygens (including phenoxy) is 2. The Bertz CT molecular complexity index is 3270. The van der Waals surface area contributed by atoms with Crippen LogP contribution in [0.2, 0.25) is 20.1 Å². The summed E-state index contributed by atoms with van der Waals surface area (Å²) in [6, 6.07) is 27.3. The Balaban J connectivity index is 0.000000219. The molecule has 6 aromatic carbocycles. The average molecular weight is 1140 g/mol. The summed E-state index contributed by atoms with van der Waals surface area (Å²) in [5, 5.41) is 11.8. The number of halogens is 7. The minimum absolute atomic E-state index is 0.0661. The molecule has 0 unspecified atom stereocenters. The third-order valence-electron chi connectivity index (χ3n) is 10.9. The first-order valence-corrected chi connectivity index (χ1v) is 27.3. The second-order valence-electron chi connectivity index (χ2n) is 16.2. The lowest BCUT2D eigenvalue weighted by atomic mass is 9.97. The van der Waals surface area contributed by atoms with Gasteiger partial charge in [-0.05, 0) is 72.8 Å². The van der Waals surface area contributed by atoms with Crippen LogP contribution in [0.3, 0.4) is 0 Å². The number of nitrogens with zero attached hydrogens (tertiary/aromatic N) is 2. The van der Waals surface area contributed by atoms with E-state index in [1.807, 2.05) is 0 Å². The molecule has 2 aliphatic heterocycles. The fourth-order valence-corrected chi connectivity index (χ4v) is 9.96. The van der Waals surface area contributed by atoms with Crippen molar-refractivity contribution in [3.8, 4) is 33.8 Å². The van der Waals surface area contributed by atoms with Gasteiger partial charge in [0.25, 0.3) is 33.7 Å². The molecular formula is C50H41Cl5F2N2O12S2. The highest BCUT2D eigenvalue weighted by molar-refractivity contribution is 8.13. The molecule has 0 aliphatic carbocycles. The van der Waals surface area contributed by atoms with Gasteiger partial charge in [-0.25, -0.2) is 17.2 Å². The summed E-state index contributed by atoms with van der Waals surface area (Å²) >= 11 is 25.3. The van der Waals surface area contributed by atoms with Crippen molar-refractivity contribution >= 4 is 99.9 Å². The summed E-state index contributed by atoms with van der Waals surface area (Å²) in [5.74, 6) is -2.84. The van der Waals surface area contributed by atoms with E-state index in [2.05, 4.69) is 10.7 Å². The van der Waals surface area contributed by atoms with Gasteiger partial charge in [-0.3, -0.25) is 33.2 Å². The molecule has 0 aromatic heterocycles. The van der Waals surface area contributed by atoms with Crippen LogP contribution in [0, 0.1) is 11.6 Å². The second-order valence-corrected chi connectivity index (χ2v) is 22.5. The summed E-state index contributed by atoms with van der Waals surface area (Å²) in [6.45, 7) is -0.630. The molecule has 2 atom stereocenters. The van der Waals surface area contributed by atoms with E-state index in [4.69, 9.17) is 60.1 Å². The van der Waals surface area contributed by atoms with Crippen molar-refractivity contribution in [2.24, 2.45) is 0 Å². The van der Waals surface area contributed by atoms with Crippen LogP contribution in [0.1, 0.15) is 52.6 Å². The number of amides is 4. The zero-order chi connectivity index (χ0) is 53.7. The lowest BCUT2D eigenvalue weighted by Gasteiger charge is -2.23. The predicted molar refractivity (Wildman–Crippen MR) is 274 cm³/mol. The van der Waals surface area contributed by atoms with Gasteiger partial charge in [0.1, 0.15) is 23.1 Å². The number of aliphatic hydroxyl groups excluding tert-OH is 1. The lowest BCUT2D eigenvalue weighted by Crippen LogP contribution is -2.39. The second kappa shape index (κ2) is 23.7. The van der Waals surface area contributed by atoms with E-state index in [9.17, 15) is 49.9 Å². The number of β-amino-alcohol motifs (C(OH)–C–C–N with tert-alkyl or cyclic N) is 1. The fraction of sp³-hybridized carbons (Fsp3) is 0.200. The van der Waals surface area contributed by atoms with E-state index in [0.29, 0.717) is 49.2 Å². The van der Waals surface area contributed by atoms with Crippen molar-refractivity contribution in [2.75, 3.05) is 39.8 Å². The van der Waals surface area contributed by atoms with Crippen molar-refractivity contribution in [3.63, 3.8) is 0 Å². The van der Waals surface area contributed by atoms with Crippen LogP contribution in [0.15, 0.2) is 109 Å². The van der Waals surface area contributed by atoms with E-state index >= 15 is 0 Å². The van der Waals surface area contributed by atoms with Gasteiger partial charge < -0.3 is 14.6 Å². The molecule has 384 valence electrons. The van der Waals surface area contributed by atoms with Gasteiger partial charge in [0.05, 0.1) is 94.4 Å². The van der Waals surface area contributed by atoms with Crippen molar-refractivity contribution in [1.29, 1.82) is 0 Å². The van der Waals surface area contributed by atoms with Gasteiger partial charge >= 0.3 is 0 Å². The summed E-state index contributed by atoms with van der Waals surface area (Å²) in [4.78, 5) is 52.7. The molecule has 14 nitrogen and oxygen atoms in total. The highest BCUT2D eigenvalue weighted by Gasteiger charge is 2.39. The number of benzene rings is 6. The Hall–Kier alpha value is -5.67. The maximum Gasteiger partial charge on any atom is 0.264 e. The van der Waals surface area contributed by atoms with Crippen LogP contribution in [-0.2, 0) is 36.2 Å². The summed E-state index contributed by atoms with van der Waals surface area (Å²) in [5.41, 5.74) is 2.92. The Morgan fingerprint density at radius 2 is 0.863 bits per heavy atom. The largest absolute Gasteiger partial charge is 0.496 e. The maximum absolute atomic E-state index is 14.8. The molecule has 2 aliphatic rings. The molecule has 2 heterocycles. The van der Waals surface area contributed by atoms with Crippen LogP contribution >= 0.6 is 57.1 Å². The van der Waals surface area contributed by atoms with E-state index in [1.165, 1.54) is 44.6 Å². The lowest BCUT2D eigenvalue weighted by molar-refractivity contribution is 0.0540. The van der Waals surface area contributed by atoms with Crippen molar-refractivity contribution in [1.82, 2.24) is 9.80 Å². The highest BCUT2D eigenvalue weighted by Crippen LogP contribution is 2.44. The van der Waals surface area contributed by atoms with Gasteiger partial charge in [-0.1, -0.05) is 82.8 Å². The molecule has 23 heteroatoms. The Morgan fingerprint density at radius 3 is 1.19 bits per heavy atom. The standard InChI is InChI=1S/C25H20Cl2FNO6S.C24H18Cl2FNO4.CH3ClO2S/c1-34-23-14(10-15(28)12-19(23)22-20(26)8-5-9-21(22)27)11-16(35-36(2,32)33)13-29-24(30)17-6-3-4-7-18(17)25(29)31;1-32-22-13(9-14(27)11-18(22)21-19(25)7-4-8-20(21)26)10-15(29)12-28-23(30)16-5-2-3-6-17(16)24(28)31;1-5(2,3)4/h3-10,12,16H,11,13H2,1-2H3;2-9,11,15,29H,10,12H2,1H3;1H3/t16-;15-;/m00./s1. The average Bonchev–Trinajstić information content (AvgIpc) is 3.68. The minimum Gasteiger partial charge on any atom is -0.496 e. The van der Waals surface area contributed by atoms with Crippen LogP contribution in [0.5, 0.6) is 11.5 Å². The number of hydrogen-bond donors (Lipinski definition) is 1. The molecule has 8 rings (SSSR count). The number of hydrogen-bond acceptors (Lipinski definition) is 12. The van der Waals surface area contributed by atoms with Gasteiger partial charge in [0.15, 0.2) is 0 Å².